The molecule has 2 N–H and O–H groups in total. The number of amides is 1. The van der Waals surface area contributed by atoms with Gasteiger partial charge in [-0.25, -0.2) is 9.37 Å². The van der Waals surface area contributed by atoms with Gasteiger partial charge in [0, 0.05) is 42.2 Å². The van der Waals surface area contributed by atoms with E-state index in [1.54, 1.807) is 23.5 Å². The molecule has 1 saturated heterocycles. The lowest BCUT2D eigenvalue weighted by Gasteiger charge is -2.33. The number of benzene rings is 2. The van der Waals surface area contributed by atoms with Gasteiger partial charge in [0.05, 0.1) is 5.01 Å². The highest BCUT2D eigenvalue weighted by atomic mass is 32.1. The van der Waals surface area contributed by atoms with Crippen molar-refractivity contribution >= 4 is 40.3 Å². The zero-order valence-electron chi connectivity index (χ0n) is 19.9. The molecule has 1 aliphatic heterocycles. The quantitative estimate of drug-likeness (QED) is 0.270. The van der Waals surface area contributed by atoms with Crippen LogP contribution in [-0.2, 0) is 0 Å². The first-order valence-electron chi connectivity index (χ1n) is 12.2. The zero-order valence-corrected chi connectivity index (χ0v) is 21.6. The molecular formula is C27H31FN4OS2. The number of rotatable bonds is 8. The number of carbonyl (C=O) groups is 1. The van der Waals surface area contributed by atoms with Crippen LogP contribution in [0.5, 0.6) is 0 Å². The number of nitrogens with one attached hydrogen (secondary N) is 2. The number of aromatic nitrogens is 1. The van der Waals surface area contributed by atoms with Crippen molar-refractivity contribution in [3.05, 3.63) is 70.4 Å². The number of likely N-dealkylation sites (tertiary alicyclic amines) is 1. The van der Waals surface area contributed by atoms with E-state index >= 15 is 0 Å². The van der Waals surface area contributed by atoms with E-state index in [0.717, 1.165) is 60.1 Å². The van der Waals surface area contributed by atoms with Crippen LogP contribution in [0.2, 0.25) is 0 Å². The average molecular weight is 511 g/mol. The highest BCUT2D eigenvalue weighted by Crippen LogP contribution is 2.32. The molecule has 184 valence electrons. The number of halogens is 1. The Morgan fingerprint density at radius 3 is 2.63 bits per heavy atom. The summed E-state index contributed by atoms with van der Waals surface area (Å²) in [6.07, 6.45) is 5.51. The van der Waals surface area contributed by atoms with Gasteiger partial charge in [-0.05, 0) is 55.2 Å². The lowest BCUT2D eigenvalue weighted by Crippen LogP contribution is -2.44. The van der Waals surface area contributed by atoms with Gasteiger partial charge in [-0.15, -0.1) is 11.3 Å². The number of hydrogen-bond acceptors (Lipinski definition) is 4. The summed E-state index contributed by atoms with van der Waals surface area (Å²) in [7, 11) is 0. The maximum absolute atomic E-state index is 13.3. The molecule has 0 spiro atoms. The summed E-state index contributed by atoms with van der Waals surface area (Å²) in [5.74, 6) is -0.190. The number of anilines is 1. The fraction of sp³-hybridized carbons (Fsp3) is 0.370. The number of unbranched alkanes of at least 4 members (excludes halogenated alkanes) is 2. The predicted molar refractivity (Wildman–Crippen MR) is 146 cm³/mol. The monoisotopic (exact) mass is 510 g/mol. The second-order valence-electron chi connectivity index (χ2n) is 8.78. The van der Waals surface area contributed by atoms with E-state index in [4.69, 9.17) is 12.2 Å². The lowest BCUT2D eigenvalue weighted by molar-refractivity contribution is 0.102. The van der Waals surface area contributed by atoms with Crippen LogP contribution in [0.4, 0.5) is 10.1 Å². The summed E-state index contributed by atoms with van der Waals surface area (Å²) in [6.45, 7) is 4.93. The van der Waals surface area contributed by atoms with Gasteiger partial charge in [0.25, 0.3) is 5.91 Å². The average Bonchev–Trinajstić information content (AvgIpc) is 3.38. The number of carbonyl (C=O) groups excluding carboxylic acids is 1. The molecule has 0 atom stereocenters. The largest absolute Gasteiger partial charge is 0.363 e. The van der Waals surface area contributed by atoms with Gasteiger partial charge in [0.15, 0.2) is 5.11 Å². The first-order valence-corrected chi connectivity index (χ1v) is 13.5. The Morgan fingerprint density at radius 1 is 1.14 bits per heavy atom. The van der Waals surface area contributed by atoms with Gasteiger partial charge in [0.1, 0.15) is 11.5 Å². The van der Waals surface area contributed by atoms with Crippen molar-refractivity contribution < 1.29 is 9.18 Å². The van der Waals surface area contributed by atoms with Gasteiger partial charge in [-0.2, -0.15) is 0 Å². The van der Waals surface area contributed by atoms with Gasteiger partial charge in [-0.1, -0.05) is 50.1 Å². The van der Waals surface area contributed by atoms with E-state index in [-0.39, 0.29) is 11.7 Å². The van der Waals surface area contributed by atoms with Crippen LogP contribution < -0.4 is 10.6 Å². The minimum atomic E-state index is -0.291. The minimum Gasteiger partial charge on any atom is -0.363 e. The summed E-state index contributed by atoms with van der Waals surface area (Å²) in [4.78, 5) is 19.9. The van der Waals surface area contributed by atoms with E-state index in [1.807, 2.05) is 29.6 Å². The van der Waals surface area contributed by atoms with E-state index < -0.39 is 0 Å². The molecule has 0 radical (unpaired) electrons. The number of para-hydroxylation sites is 1. The van der Waals surface area contributed by atoms with Crippen LogP contribution in [0.3, 0.4) is 0 Å². The Labute approximate surface area is 215 Å². The van der Waals surface area contributed by atoms with Crippen LogP contribution in [0.25, 0.3) is 11.1 Å². The molecule has 1 aromatic heterocycles. The summed E-state index contributed by atoms with van der Waals surface area (Å²) in [6, 6.07) is 13.8. The van der Waals surface area contributed by atoms with E-state index in [1.165, 1.54) is 25.0 Å². The molecular weight excluding hydrogens is 479 g/mol. The molecule has 1 fully saturated rings. The second kappa shape index (κ2) is 12.2. The first kappa shape index (κ1) is 25.3. The number of thiocarbonyl (C=S) groups is 1. The molecule has 2 aromatic carbocycles. The highest BCUT2D eigenvalue weighted by molar-refractivity contribution is 7.80. The van der Waals surface area contributed by atoms with Crippen molar-refractivity contribution in [2.75, 3.05) is 25.0 Å². The Kier molecular flexibility index (Phi) is 8.82. The topological polar surface area (TPSA) is 57.3 Å². The Bertz CT molecular complexity index is 1140. The van der Waals surface area contributed by atoms with Crippen molar-refractivity contribution in [3.63, 3.8) is 0 Å². The van der Waals surface area contributed by atoms with Crippen LogP contribution in [-0.4, -0.2) is 40.5 Å². The Morgan fingerprint density at radius 2 is 1.89 bits per heavy atom. The molecule has 3 aromatic rings. The maximum Gasteiger partial charge on any atom is 0.275 e. The molecule has 5 nitrogen and oxygen atoms in total. The molecule has 1 aliphatic rings. The minimum absolute atomic E-state index is 0.239. The standard InChI is InChI=1S/C27H31FN4OS2/c1-2-3-6-15-29-27(34)32-16-13-20(14-17-32)26-31-24(18-35-26)25(33)30-23-8-5-4-7-22(23)19-9-11-21(28)12-10-19/h4-5,7-12,18,20H,2-3,6,13-17H2,1H3,(H,29,34)(H,30,33). The summed E-state index contributed by atoms with van der Waals surface area (Å²) in [5, 5.41) is 10.0. The first-order chi connectivity index (χ1) is 17.0. The third-order valence-electron chi connectivity index (χ3n) is 6.27. The fourth-order valence-corrected chi connectivity index (χ4v) is 5.51. The predicted octanol–water partition coefficient (Wildman–Crippen LogP) is 6.45. The SMILES string of the molecule is CCCCCNC(=S)N1CCC(c2nc(C(=O)Nc3ccccc3-c3ccc(F)cc3)cs2)CC1. The van der Waals surface area contributed by atoms with Crippen molar-refractivity contribution in [3.8, 4) is 11.1 Å². The normalized spacial score (nSPS) is 14.1. The van der Waals surface area contributed by atoms with E-state index in [2.05, 4.69) is 27.4 Å². The maximum atomic E-state index is 13.3. The Balaban J connectivity index is 1.34. The zero-order chi connectivity index (χ0) is 24.6. The Hall–Kier alpha value is -2.84. The molecule has 35 heavy (non-hydrogen) atoms. The van der Waals surface area contributed by atoms with Crippen molar-refractivity contribution in [1.29, 1.82) is 0 Å². The summed E-state index contributed by atoms with van der Waals surface area (Å²) < 4.78 is 13.3. The fourth-order valence-electron chi connectivity index (χ4n) is 4.25. The number of piperidine rings is 1. The number of hydrogen-bond donors (Lipinski definition) is 2. The van der Waals surface area contributed by atoms with Crippen LogP contribution in [0.15, 0.2) is 53.9 Å². The van der Waals surface area contributed by atoms with Crippen molar-refractivity contribution in [1.82, 2.24) is 15.2 Å². The van der Waals surface area contributed by atoms with Gasteiger partial charge >= 0.3 is 0 Å². The molecule has 0 unspecified atom stereocenters. The van der Waals surface area contributed by atoms with E-state index in [0.29, 0.717) is 17.3 Å². The molecule has 0 saturated carbocycles. The molecule has 2 heterocycles. The second-order valence-corrected chi connectivity index (χ2v) is 10.1. The molecule has 4 rings (SSSR count). The van der Waals surface area contributed by atoms with Gasteiger partial charge < -0.3 is 15.5 Å². The molecule has 8 heteroatoms. The van der Waals surface area contributed by atoms with Gasteiger partial charge in [-0.3, -0.25) is 4.79 Å². The third-order valence-corrected chi connectivity index (χ3v) is 7.68. The van der Waals surface area contributed by atoms with Crippen LogP contribution >= 0.6 is 23.6 Å². The third kappa shape index (κ3) is 6.64. The summed E-state index contributed by atoms with van der Waals surface area (Å²) >= 11 is 7.11. The molecule has 0 aliphatic carbocycles. The highest BCUT2D eigenvalue weighted by Gasteiger charge is 2.25. The van der Waals surface area contributed by atoms with Gasteiger partial charge in [0.2, 0.25) is 0 Å². The van der Waals surface area contributed by atoms with Crippen molar-refractivity contribution in [2.24, 2.45) is 0 Å². The smallest absolute Gasteiger partial charge is 0.275 e. The van der Waals surface area contributed by atoms with E-state index in [9.17, 15) is 9.18 Å². The molecule has 1 amide bonds. The molecule has 0 bridgehead atoms. The van der Waals surface area contributed by atoms with Crippen LogP contribution in [0, 0.1) is 5.82 Å². The lowest BCUT2D eigenvalue weighted by atomic mass is 9.98. The summed E-state index contributed by atoms with van der Waals surface area (Å²) in [5.41, 5.74) is 2.77. The number of thiazole rings is 1. The van der Waals surface area contributed by atoms with Crippen molar-refractivity contribution in [2.45, 2.75) is 44.9 Å². The number of nitrogens with zero attached hydrogens (tertiary/aromatic N) is 2. The van der Waals surface area contributed by atoms with Crippen LogP contribution in [0.1, 0.15) is 60.4 Å².